The third-order valence-electron chi connectivity index (χ3n) is 7.96. The Hall–Kier alpha value is -3.04. The van der Waals surface area contributed by atoms with E-state index in [9.17, 15) is 4.39 Å². The van der Waals surface area contributed by atoms with Crippen LogP contribution in [0.5, 0.6) is 0 Å². The van der Waals surface area contributed by atoms with E-state index in [4.69, 9.17) is 14.4 Å². The first kappa shape index (κ1) is 26.6. The minimum atomic E-state index is -0.105. The van der Waals surface area contributed by atoms with Gasteiger partial charge in [-0.3, -0.25) is 9.80 Å². The van der Waals surface area contributed by atoms with Crippen molar-refractivity contribution in [1.82, 2.24) is 24.8 Å². The van der Waals surface area contributed by atoms with Crippen molar-refractivity contribution in [2.24, 2.45) is 0 Å². The van der Waals surface area contributed by atoms with Crippen molar-refractivity contribution in [2.45, 2.75) is 65.6 Å². The first-order valence-corrected chi connectivity index (χ1v) is 14.0. The Morgan fingerprint density at radius 3 is 2.58 bits per heavy atom. The number of halogens is 1. The van der Waals surface area contributed by atoms with E-state index in [0.717, 1.165) is 82.2 Å². The summed E-state index contributed by atoms with van der Waals surface area (Å²) in [5.41, 5.74) is 3.33. The molecule has 38 heavy (non-hydrogen) atoms. The van der Waals surface area contributed by atoms with Crippen LogP contribution in [-0.4, -0.2) is 76.1 Å². The molecule has 1 aromatic carbocycles. The number of hydrogen-bond donors (Lipinski definition) is 1. The van der Waals surface area contributed by atoms with Crippen LogP contribution in [0.4, 0.5) is 16.1 Å². The fourth-order valence-electron chi connectivity index (χ4n) is 5.85. The van der Waals surface area contributed by atoms with Crippen LogP contribution >= 0.6 is 0 Å². The molecule has 2 aromatic heterocycles. The highest BCUT2D eigenvalue weighted by molar-refractivity contribution is 5.53. The Kier molecular flexibility index (Phi) is 8.24. The van der Waals surface area contributed by atoms with Gasteiger partial charge in [-0.15, -0.1) is 0 Å². The molecule has 0 unspecified atom stereocenters. The van der Waals surface area contributed by atoms with E-state index < -0.39 is 0 Å². The Morgan fingerprint density at radius 1 is 1.05 bits per heavy atom. The molecule has 0 radical (unpaired) electrons. The molecule has 2 fully saturated rings. The lowest BCUT2D eigenvalue weighted by Gasteiger charge is -2.47. The summed E-state index contributed by atoms with van der Waals surface area (Å²) in [5.74, 6) is 1.97. The second kappa shape index (κ2) is 11.8. The van der Waals surface area contributed by atoms with E-state index in [1.54, 1.807) is 18.5 Å². The number of piperazine rings is 1. The molecule has 0 saturated carbocycles. The second-order valence-corrected chi connectivity index (χ2v) is 10.6. The maximum atomic E-state index is 14.0. The number of hydrogen-bond acceptors (Lipinski definition) is 8. The van der Waals surface area contributed by atoms with E-state index in [0.29, 0.717) is 35.1 Å². The van der Waals surface area contributed by atoms with Gasteiger partial charge in [0.2, 0.25) is 11.8 Å². The average Bonchev–Trinajstić information content (AvgIpc) is 3.40. The van der Waals surface area contributed by atoms with E-state index in [2.05, 4.69) is 38.0 Å². The molecule has 0 bridgehead atoms. The Bertz CT molecular complexity index is 1220. The highest BCUT2D eigenvalue weighted by Crippen LogP contribution is 2.28. The fourth-order valence-corrected chi connectivity index (χ4v) is 5.85. The highest BCUT2D eigenvalue weighted by atomic mass is 19.1. The van der Waals surface area contributed by atoms with Crippen molar-refractivity contribution < 1.29 is 8.81 Å². The second-order valence-electron chi connectivity index (χ2n) is 10.6. The molecule has 1 atom stereocenters. The first-order valence-electron chi connectivity index (χ1n) is 14.0. The van der Waals surface area contributed by atoms with Crippen LogP contribution in [0.25, 0.3) is 11.6 Å². The first-order chi connectivity index (χ1) is 18.4. The summed E-state index contributed by atoms with van der Waals surface area (Å²) in [4.78, 5) is 21.5. The van der Waals surface area contributed by atoms with Gasteiger partial charge < -0.3 is 14.6 Å². The van der Waals surface area contributed by atoms with Gasteiger partial charge in [-0.2, -0.15) is 0 Å². The molecule has 9 heteroatoms. The summed E-state index contributed by atoms with van der Waals surface area (Å²) in [6.45, 7) is 14.8. The largest absolute Gasteiger partial charge is 0.419 e. The maximum Gasteiger partial charge on any atom is 0.248 e. The SMILES string of the molecule is CCNc1cnc(-c2cnc(N3CCN(C4CCN(Cc5ccc(C)c(F)c5)CC4)[C@@H](CC)C3)c(C)n2)o1. The maximum absolute atomic E-state index is 14.0. The van der Waals surface area contributed by atoms with Crippen LogP contribution < -0.4 is 10.2 Å². The summed E-state index contributed by atoms with van der Waals surface area (Å²) in [6, 6.07) is 6.72. The molecule has 1 N–H and O–H groups in total. The van der Waals surface area contributed by atoms with Gasteiger partial charge in [-0.05, 0) is 70.3 Å². The van der Waals surface area contributed by atoms with Gasteiger partial charge >= 0.3 is 0 Å². The van der Waals surface area contributed by atoms with Gasteiger partial charge in [-0.1, -0.05) is 19.1 Å². The molecular weight excluding hydrogens is 481 g/mol. The summed E-state index contributed by atoms with van der Waals surface area (Å²) >= 11 is 0. The minimum Gasteiger partial charge on any atom is -0.419 e. The number of aromatic nitrogens is 3. The third kappa shape index (κ3) is 5.83. The smallest absolute Gasteiger partial charge is 0.248 e. The van der Waals surface area contributed by atoms with Crippen LogP contribution in [0.3, 0.4) is 0 Å². The van der Waals surface area contributed by atoms with Crippen LogP contribution in [0.1, 0.15) is 49.9 Å². The van der Waals surface area contributed by atoms with E-state index in [-0.39, 0.29) is 5.82 Å². The number of nitrogens with zero attached hydrogens (tertiary/aromatic N) is 6. The topological polar surface area (TPSA) is 73.6 Å². The molecule has 0 aliphatic carbocycles. The van der Waals surface area contributed by atoms with Gasteiger partial charge in [0.05, 0.1) is 18.1 Å². The number of piperidine rings is 1. The van der Waals surface area contributed by atoms with Crippen molar-refractivity contribution in [1.29, 1.82) is 0 Å². The summed E-state index contributed by atoms with van der Waals surface area (Å²) < 4.78 is 19.7. The molecule has 2 aliphatic heterocycles. The molecule has 0 amide bonds. The number of rotatable bonds is 8. The number of likely N-dealkylation sites (tertiary alicyclic amines) is 1. The fraction of sp³-hybridized carbons (Fsp3) is 0.552. The zero-order valence-corrected chi connectivity index (χ0v) is 23.1. The lowest BCUT2D eigenvalue weighted by Crippen LogP contribution is -2.58. The Balaban J connectivity index is 1.18. The quantitative estimate of drug-likeness (QED) is 0.450. The lowest BCUT2D eigenvalue weighted by molar-refractivity contribution is 0.0610. The van der Waals surface area contributed by atoms with Crippen LogP contribution in [-0.2, 0) is 6.54 Å². The molecule has 4 heterocycles. The van der Waals surface area contributed by atoms with Gasteiger partial charge in [0.25, 0.3) is 0 Å². The number of anilines is 2. The monoisotopic (exact) mass is 521 g/mol. The van der Waals surface area contributed by atoms with Gasteiger partial charge in [0, 0.05) is 44.8 Å². The van der Waals surface area contributed by atoms with E-state index in [1.807, 2.05) is 26.8 Å². The van der Waals surface area contributed by atoms with Crippen molar-refractivity contribution in [3.63, 3.8) is 0 Å². The molecule has 5 rings (SSSR count). The number of oxazole rings is 1. The molecule has 8 nitrogen and oxygen atoms in total. The molecule has 0 spiro atoms. The zero-order chi connectivity index (χ0) is 26.6. The molecule has 204 valence electrons. The van der Waals surface area contributed by atoms with Crippen LogP contribution in [0.2, 0.25) is 0 Å². The zero-order valence-electron chi connectivity index (χ0n) is 23.1. The molecule has 3 aromatic rings. The van der Waals surface area contributed by atoms with Crippen molar-refractivity contribution in [3.05, 3.63) is 53.2 Å². The van der Waals surface area contributed by atoms with Gasteiger partial charge in [-0.25, -0.2) is 19.3 Å². The number of benzene rings is 1. The van der Waals surface area contributed by atoms with Gasteiger partial charge in [0.1, 0.15) is 17.3 Å². The number of aryl methyl sites for hydroxylation is 2. The van der Waals surface area contributed by atoms with Crippen LogP contribution in [0.15, 0.2) is 35.0 Å². The van der Waals surface area contributed by atoms with E-state index in [1.165, 1.54) is 0 Å². The standard InChI is InChI=1S/C29H40FN7O/c1-5-23-19-36(28-21(4)34-26(16-32-28)29-33-17-27(38-29)31-6-2)13-14-37(23)24-9-11-35(12-10-24)18-22-8-7-20(3)25(30)15-22/h7-8,15-17,23-24,31H,5-6,9-14,18-19H2,1-4H3/t23-/m0/s1. The predicted molar refractivity (Wildman–Crippen MR) is 149 cm³/mol. The van der Waals surface area contributed by atoms with Crippen LogP contribution in [0, 0.1) is 19.7 Å². The molecule has 2 aliphatic rings. The number of nitrogens with one attached hydrogen (secondary N) is 1. The Labute approximate surface area is 225 Å². The van der Waals surface area contributed by atoms with Crippen molar-refractivity contribution in [3.8, 4) is 11.6 Å². The summed E-state index contributed by atoms with van der Waals surface area (Å²) in [5, 5.41) is 3.13. The third-order valence-corrected chi connectivity index (χ3v) is 7.96. The minimum absolute atomic E-state index is 0.105. The van der Waals surface area contributed by atoms with E-state index >= 15 is 0 Å². The normalized spacial score (nSPS) is 19.7. The lowest BCUT2D eigenvalue weighted by atomic mass is 9.97. The Morgan fingerprint density at radius 2 is 1.87 bits per heavy atom. The summed E-state index contributed by atoms with van der Waals surface area (Å²) in [7, 11) is 0. The predicted octanol–water partition coefficient (Wildman–Crippen LogP) is 4.88. The highest BCUT2D eigenvalue weighted by Gasteiger charge is 2.34. The van der Waals surface area contributed by atoms with Crippen molar-refractivity contribution in [2.75, 3.05) is 49.5 Å². The van der Waals surface area contributed by atoms with Crippen molar-refractivity contribution >= 4 is 11.7 Å². The summed E-state index contributed by atoms with van der Waals surface area (Å²) in [6.07, 6.45) is 6.87. The molecule has 2 saturated heterocycles. The van der Waals surface area contributed by atoms with Gasteiger partial charge in [0.15, 0.2) is 0 Å². The average molecular weight is 522 g/mol. The molecular formula is C29H40FN7O.